The Hall–Kier alpha value is -1.72. The van der Waals surface area contributed by atoms with E-state index in [0.29, 0.717) is 0 Å². The van der Waals surface area contributed by atoms with Gasteiger partial charge in [0.1, 0.15) is 12.1 Å². The third-order valence-electron chi connectivity index (χ3n) is 7.54. The summed E-state index contributed by atoms with van der Waals surface area (Å²) in [5.74, 6) is -5.38. The SMILES string of the molecule is CC(C)/C=C/[C@@H](C[C@@H]1O[C@](O)(C[C@@H](O)C(C)C)C[C@H](O)[C@H]1C(=O)N[C@H](CO)C(N)=O)OC1OC(C)C(O)C(N)C1O. The molecule has 0 aromatic carbocycles. The van der Waals surface area contributed by atoms with Gasteiger partial charge in [-0.2, -0.15) is 0 Å². The topological polar surface area (TPSA) is 247 Å². The van der Waals surface area contributed by atoms with Crippen molar-refractivity contribution < 1.29 is 54.4 Å². The molecule has 41 heavy (non-hydrogen) atoms. The number of hydrogen-bond acceptors (Lipinski definition) is 12. The van der Waals surface area contributed by atoms with Crippen LogP contribution >= 0.6 is 0 Å². The number of nitrogens with two attached hydrogens (primary N) is 2. The van der Waals surface area contributed by atoms with Gasteiger partial charge in [-0.3, -0.25) is 9.59 Å². The summed E-state index contributed by atoms with van der Waals surface area (Å²) in [4.78, 5) is 24.9. The standard InChI is InChI=1S/C27H49N3O11/c1-12(2)6-7-15(40-26-23(35)21(28)22(34)14(5)39-26)8-19-20(25(37)30-16(11-31)24(29)36)18(33)10-27(38,41-19)9-17(32)13(3)4/h6-7,12-23,26,31-35,38H,8-11,28H2,1-5H3,(H2,29,36)(H,30,37)/b7-6+/t14?,15-,16+,17+,18-,19-,20+,21?,22?,23?,26?,27+/m0/s1. The summed E-state index contributed by atoms with van der Waals surface area (Å²) >= 11 is 0. The van der Waals surface area contributed by atoms with Gasteiger partial charge in [0.05, 0.1) is 55.2 Å². The number of primary amides is 1. The van der Waals surface area contributed by atoms with Crippen LogP contribution in [0.5, 0.6) is 0 Å². The molecule has 0 aromatic heterocycles. The van der Waals surface area contributed by atoms with Crippen LogP contribution in [0.3, 0.4) is 0 Å². The third-order valence-corrected chi connectivity index (χ3v) is 7.54. The molecule has 2 aliphatic heterocycles. The summed E-state index contributed by atoms with van der Waals surface area (Å²) in [6.07, 6.45) is -6.55. The monoisotopic (exact) mass is 591 g/mol. The Morgan fingerprint density at radius 1 is 1.15 bits per heavy atom. The molecule has 2 amide bonds. The maximum Gasteiger partial charge on any atom is 0.242 e. The normalized spacial score (nSPS) is 36.8. The van der Waals surface area contributed by atoms with Gasteiger partial charge in [0.15, 0.2) is 12.1 Å². The van der Waals surface area contributed by atoms with Gasteiger partial charge in [0, 0.05) is 19.3 Å². The number of aliphatic hydroxyl groups is 6. The highest BCUT2D eigenvalue weighted by atomic mass is 16.7. The number of rotatable bonds is 13. The van der Waals surface area contributed by atoms with E-state index >= 15 is 0 Å². The largest absolute Gasteiger partial charge is 0.394 e. The minimum absolute atomic E-state index is 0.0669. The fourth-order valence-electron chi connectivity index (χ4n) is 4.92. The molecule has 2 saturated heterocycles. The van der Waals surface area contributed by atoms with Crippen LogP contribution in [0.2, 0.25) is 0 Å². The molecule has 11 N–H and O–H groups in total. The maximum absolute atomic E-state index is 13.3. The Labute approximate surface area is 240 Å². The molecule has 2 heterocycles. The van der Waals surface area contributed by atoms with Crippen LogP contribution in [0.25, 0.3) is 0 Å². The zero-order valence-corrected chi connectivity index (χ0v) is 24.4. The molecule has 2 aliphatic rings. The zero-order valence-electron chi connectivity index (χ0n) is 24.4. The van der Waals surface area contributed by atoms with Gasteiger partial charge in [-0.1, -0.05) is 39.8 Å². The van der Waals surface area contributed by atoms with Crippen LogP contribution in [0.4, 0.5) is 0 Å². The lowest BCUT2D eigenvalue weighted by Crippen LogP contribution is -2.62. The second kappa shape index (κ2) is 15.1. The minimum Gasteiger partial charge on any atom is -0.394 e. The van der Waals surface area contributed by atoms with Gasteiger partial charge in [-0.15, -0.1) is 0 Å². The maximum atomic E-state index is 13.3. The van der Waals surface area contributed by atoms with E-state index in [1.807, 2.05) is 13.8 Å². The molecule has 0 radical (unpaired) electrons. The Balaban J connectivity index is 2.42. The van der Waals surface area contributed by atoms with E-state index in [0.717, 1.165) is 0 Å². The van der Waals surface area contributed by atoms with Crippen molar-refractivity contribution in [3.63, 3.8) is 0 Å². The molecule has 12 atom stereocenters. The number of aliphatic hydroxyl groups excluding tert-OH is 5. The second-order valence-electron chi connectivity index (χ2n) is 11.9. The summed E-state index contributed by atoms with van der Waals surface area (Å²) in [5, 5.41) is 65.4. The molecule has 5 unspecified atom stereocenters. The van der Waals surface area contributed by atoms with Crippen LogP contribution in [0.15, 0.2) is 12.2 Å². The number of allylic oxidation sites excluding steroid dienone is 1. The van der Waals surface area contributed by atoms with Crippen molar-refractivity contribution in [3.8, 4) is 0 Å². The first kappa shape index (κ1) is 35.5. The smallest absolute Gasteiger partial charge is 0.242 e. The van der Waals surface area contributed by atoms with Crippen LogP contribution < -0.4 is 16.8 Å². The van der Waals surface area contributed by atoms with Crippen LogP contribution in [-0.4, -0.2) is 116 Å². The van der Waals surface area contributed by atoms with Gasteiger partial charge in [-0.25, -0.2) is 0 Å². The van der Waals surface area contributed by atoms with Gasteiger partial charge in [-0.05, 0) is 18.8 Å². The van der Waals surface area contributed by atoms with Gasteiger partial charge < -0.3 is 61.6 Å². The lowest BCUT2D eigenvalue weighted by atomic mass is 9.81. The summed E-state index contributed by atoms with van der Waals surface area (Å²) in [6, 6.07) is -2.48. The number of carbonyl (C=O) groups excluding carboxylic acids is 2. The first-order chi connectivity index (χ1) is 19.0. The second-order valence-corrected chi connectivity index (χ2v) is 11.9. The molecular weight excluding hydrogens is 542 g/mol. The van der Waals surface area contributed by atoms with E-state index in [9.17, 15) is 40.2 Å². The molecule has 0 aliphatic carbocycles. The number of carbonyl (C=O) groups is 2. The Morgan fingerprint density at radius 2 is 1.78 bits per heavy atom. The van der Waals surface area contributed by atoms with Crippen LogP contribution in [0, 0.1) is 17.8 Å². The fourth-order valence-corrected chi connectivity index (χ4v) is 4.92. The number of hydrogen-bond donors (Lipinski definition) is 9. The summed E-state index contributed by atoms with van der Waals surface area (Å²) < 4.78 is 17.7. The fraction of sp³-hybridized carbons (Fsp3) is 0.852. The van der Waals surface area contributed by atoms with Crippen molar-refractivity contribution in [2.45, 2.75) is 121 Å². The lowest BCUT2D eigenvalue weighted by molar-refractivity contribution is -0.307. The molecule has 2 fully saturated rings. The van der Waals surface area contributed by atoms with Gasteiger partial charge >= 0.3 is 0 Å². The van der Waals surface area contributed by atoms with E-state index < -0.39 is 97.6 Å². The van der Waals surface area contributed by atoms with E-state index in [1.165, 1.54) is 0 Å². The molecule has 0 bridgehead atoms. The molecule has 14 nitrogen and oxygen atoms in total. The van der Waals surface area contributed by atoms with E-state index in [4.69, 9.17) is 25.7 Å². The van der Waals surface area contributed by atoms with E-state index in [-0.39, 0.29) is 24.7 Å². The van der Waals surface area contributed by atoms with Crippen molar-refractivity contribution in [3.05, 3.63) is 12.2 Å². The number of amides is 2. The van der Waals surface area contributed by atoms with Crippen LogP contribution in [0.1, 0.15) is 53.9 Å². The Morgan fingerprint density at radius 3 is 2.32 bits per heavy atom. The molecule has 0 saturated carbocycles. The van der Waals surface area contributed by atoms with E-state index in [1.54, 1.807) is 32.9 Å². The molecule has 14 heteroatoms. The van der Waals surface area contributed by atoms with E-state index in [2.05, 4.69) is 5.32 Å². The quantitative estimate of drug-likeness (QED) is 0.102. The summed E-state index contributed by atoms with van der Waals surface area (Å²) in [5.41, 5.74) is 11.2. The zero-order chi connectivity index (χ0) is 31.2. The molecule has 0 aromatic rings. The molecular formula is C27H49N3O11. The van der Waals surface area contributed by atoms with Crippen LogP contribution in [-0.2, 0) is 23.8 Å². The molecule has 238 valence electrons. The average Bonchev–Trinajstić information content (AvgIpc) is 2.86. The summed E-state index contributed by atoms with van der Waals surface area (Å²) in [6.45, 7) is 8.12. The first-order valence-corrected chi connectivity index (χ1v) is 14.1. The Bertz CT molecular complexity index is 891. The Kier molecular flexibility index (Phi) is 13.1. The highest BCUT2D eigenvalue weighted by molar-refractivity contribution is 5.88. The van der Waals surface area contributed by atoms with Crippen molar-refractivity contribution in [1.29, 1.82) is 0 Å². The first-order valence-electron chi connectivity index (χ1n) is 14.1. The van der Waals surface area contributed by atoms with Gasteiger partial charge in [0.25, 0.3) is 0 Å². The van der Waals surface area contributed by atoms with Crippen molar-refractivity contribution in [1.82, 2.24) is 5.32 Å². The van der Waals surface area contributed by atoms with Crippen molar-refractivity contribution in [2.75, 3.05) is 6.61 Å². The molecule has 0 spiro atoms. The lowest BCUT2D eigenvalue weighted by Gasteiger charge is -2.46. The van der Waals surface area contributed by atoms with Gasteiger partial charge in [0.2, 0.25) is 11.8 Å². The van der Waals surface area contributed by atoms with Crippen molar-refractivity contribution >= 4 is 11.8 Å². The highest BCUT2D eigenvalue weighted by Gasteiger charge is 2.51. The average molecular weight is 592 g/mol. The number of nitrogens with one attached hydrogen (secondary N) is 1. The molecule has 2 rings (SSSR count). The minimum atomic E-state index is -2.02. The predicted octanol–water partition coefficient (Wildman–Crippen LogP) is -2.41. The highest BCUT2D eigenvalue weighted by Crippen LogP contribution is 2.38. The number of ether oxygens (including phenoxy) is 3. The van der Waals surface area contributed by atoms with Crippen molar-refractivity contribution in [2.24, 2.45) is 29.2 Å². The summed E-state index contributed by atoms with van der Waals surface area (Å²) in [7, 11) is 0. The third kappa shape index (κ3) is 9.64. The predicted molar refractivity (Wildman–Crippen MR) is 145 cm³/mol.